The van der Waals surface area contributed by atoms with Crippen LogP contribution < -0.4 is 0 Å². The highest BCUT2D eigenvalue weighted by atomic mass is 35.5. The highest BCUT2D eigenvalue weighted by Crippen LogP contribution is 2.05. The molecule has 1 rings (SSSR count). The highest BCUT2D eigenvalue weighted by Gasteiger charge is 2.14. The number of ether oxygens (including phenoxy) is 1. The van der Waals surface area contributed by atoms with Crippen molar-refractivity contribution >= 4 is 17.7 Å². The number of unbranched alkanes of at least 4 members (excludes halogenated alkanes) is 1. The highest BCUT2D eigenvalue weighted by molar-refractivity contribution is 6.17. The van der Waals surface area contributed by atoms with Crippen molar-refractivity contribution in [2.24, 2.45) is 0 Å². The molecule has 0 aromatic heterocycles. The van der Waals surface area contributed by atoms with Crippen LogP contribution in [0, 0.1) is 0 Å². The monoisotopic (exact) mass is 297 g/mol. The molecule has 0 atom stereocenters. The van der Waals surface area contributed by atoms with E-state index < -0.39 is 0 Å². The quantitative estimate of drug-likeness (QED) is 0.507. The molecule has 0 spiro atoms. The van der Waals surface area contributed by atoms with Crippen molar-refractivity contribution in [1.29, 1.82) is 0 Å². The van der Waals surface area contributed by atoms with Gasteiger partial charge in [0.1, 0.15) is 0 Å². The van der Waals surface area contributed by atoms with Gasteiger partial charge in [-0.15, -0.1) is 11.6 Å². The van der Waals surface area contributed by atoms with Crippen LogP contribution in [0.2, 0.25) is 0 Å². The van der Waals surface area contributed by atoms with Gasteiger partial charge in [-0.2, -0.15) is 0 Å². The number of hydrogen-bond acceptors (Lipinski definition) is 2. The van der Waals surface area contributed by atoms with Crippen LogP contribution in [-0.4, -0.2) is 36.6 Å². The SMILES string of the molecule is CCCCOC(=O)N(CCCCl)CCc1ccccc1. The minimum atomic E-state index is -0.223. The van der Waals surface area contributed by atoms with Gasteiger partial charge in [-0.1, -0.05) is 43.7 Å². The maximum atomic E-state index is 12.0. The Morgan fingerprint density at radius 3 is 2.60 bits per heavy atom. The molecule has 1 aromatic carbocycles. The number of benzene rings is 1. The molecule has 0 saturated carbocycles. The van der Waals surface area contributed by atoms with Crippen molar-refractivity contribution in [3.8, 4) is 0 Å². The smallest absolute Gasteiger partial charge is 0.409 e. The topological polar surface area (TPSA) is 29.5 Å². The second kappa shape index (κ2) is 10.6. The Morgan fingerprint density at radius 2 is 1.95 bits per heavy atom. The van der Waals surface area contributed by atoms with Crippen molar-refractivity contribution in [3.63, 3.8) is 0 Å². The lowest BCUT2D eigenvalue weighted by Crippen LogP contribution is -2.34. The average molecular weight is 298 g/mol. The Labute approximate surface area is 126 Å². The van der Waals surface area contributed by atoms with Gasteiger partial charge in [0.05, 0.1) is 6.61 Å². The number of halogens is 1. The molecule has 20 heavy (non-hydrogen) atoms. The molecule has 0 aliphatic heterocycles. The molecule has 0 aliphatic rings. The van der Waals surface area contributed by atoms with Gasteiger partial charge in [-0.25, -0.2) is 4.79 Å². The van der Waals surface area contributed by atoms with Crippen LogP contribution in [0.3, 0.4) is 0 Å². The number of nitrogens with zero attached hydrogens (tertiary/aromatic N) is 1. The van der Waals surface area contributed by atoms with E-state index in [2.05, 4.69) is 19.1 Å². The molecule has 4 heteroatoms. The third kappa shape index (κ3) is 6.80. The lowest BCUT2D eigenvalue weighted by molar-refractivity contribution is 0.101. The summed E-state index contributed by atoms with van der Waals surface area (Å²) in [6, 6.07) is 10.2. The summed E-state index contributed by atoms with van der Waals surface area (Å²) >= 11 is 5.72. The molecular weight excluding hydrogens is 274 g/mol. The summed E-state index contributed by atoms with van der Waals surface area (Å²) < 4.78 is 5.27. The van der Waals surface area contributed by atoms with Crippen LogP contribution in [0.15, 0.2) is 30.3 Å². The molecule has 0 fully saturated rings. The predicted octanol–water partition coefficient (Wildman–Crippen LogP) is 4.10. The molecule has 0 aliphatic carbocycles. The third-order valence-corrected chi connectivity index (χ3v) is 3.32. The van der Waals surface area contributed by atoms with Crippen LogP contribution in [0.25, 0.3) is 0 Å². The summed E-state index contributed by atoms with van der Waals surface area (Å²) in [6.45, 7) is 3.90. The first kappa shape index (κ1) is 16.8. The van der Waals surface area contributed by atoms with Crippen LogP contribution in [-0.2, 0) is 11.2 Å². The van der Waals surface area contributed by atoms with Gasteiger partial charge in [-0.05, 0) is 24.8 Å². The zero-order valence-corrected chi connectivity index (χ0v) is 12.9. The van der Waals surface area contributed by atoms with Crippen molar-refractivity contribution in [2.45, 2.75) is 32.6 Å². The van der Waals surface area contributed by atoms with Gasteiger partial charge in [-0.3, -0.25) is 0 Å². The molecule has 0 heterocycles. The number of rotatable bonds is 9. The van der Waals surface area contributed by atoms with Crippen molar-refractivity contribution in [1.82, 2.24) is 4.90 Å². The van der Waals surface area contributed by atoms with Crippen molar-refractivity contribution < 1.29 is 9.53 Å². The number of carbonyl (C=O) groups is 1. The normalized spacial score (nSPS) is 10.3. The Kier molecular flexibility index (Phi) is 8.88. The van der Waals surface area contributed by atoms with E-state index in [-0.39, 0.29) is 6.09 Å². The van der Waals surface area contributed by atoms with Gasteiger partial charge in [0.25, 0.3) is 0 Å². The maximum Gasteiger partial charge on any atom is 0.409 e. The number of alkyl halides is 1. The summed E-state index contributed by atoms with van der Waals surface area (Å²) in [5.74, 6) is 0.560. The number of carbonyl (C=O) groups excluding carboxylic acids is 1. The molecule has 0 unspecified atom stereocenters. The van der Waals surface area contributed by atoms with E-state index in [4.69, 9.17) is 16.3 Å². The molecule has 0 N–H and O–H groups in total. The summed E-state index contributed by atoms with van der Waals surface area (Å²) in [7, 11) is 0. The first-order valence-electron chi connectivity index (χ1n) is 7.29. The average Bonchev–Trinajstić information content (AvgIpc) is 2.48. The lowest BCUT2D eigenvalue weighted by Gasteiger charge is -2.21. The maximum absolute atomic E-state index is 12.0. The van der Waals surface area contributed by atoms with E-state index in [0.29, 0.717) is 25.6 Å². The van der Waals surface area contributed by atoms with Crippen LogP contribution in [0.1, 0.15) is 31.7 Å². The van der Waals surface area contributed by atoms with E-state index in [1.165, 1.54) is 5.56 Å². The molecule has 112 valence electrons. The minimum Gasteiger partial charge on any atom is -0.449 e. The van der Waals surface area contributed by atoms with Gasteiger partial charge >= 0.3 is 6.09 Å². The molecular formula is C16H24ClNO2. The summed E-state index contributed by atoms with van der Waals surface area (Å²) in [5.41, 5.74) is 1.23. The van der Waals surface area contributed by atoms with Crippen molar-refractivity contribution in [2.75, 3.05) is 25.6 Å². The zero-order valence-electron chi connectivity index (χ0n) is 12.2. The third-order valence-electron chi connectivity index (χ3n) is 3.06. The van der Waals surface area contributed by atoms with Gasteiger partial charge in [0, 0.05) is 19.0 Å². The van der Waals surface area contributed by atoms with E-state index in [1.54, 1.807) is 4.90 Å². The predicted molar refractivity (Wildman–Crippen MR) is 83.3 cm³/mol. The molecule has 1 aromatic rings. The lowest BCUT2D eigenvalue weighted by atomic mass is 10.1. The molecule has 3 nitrogen and oxygen atoms in total. The summed E-state index contributed by atoms with van der Waals surface area (Å²) in [5, 5.41) is 0. The van der Waals surface area contributed by atoms with Gasteiger partial charge in [0.15, 0.2) is 0 Å². The summed E-state index contributed by atoms with van der Waals surface area (Å²) in [6.07, 6.45) is 3.34. The van der Waals surface area contributed by atoms with Crippen LogP contribution in [0.4, 0.5) is 4.79 Å². The Hall–Kier alpha value is -1.22. The van der Waals surface area contributed by atoms with E-state index in [9.17, 15) is 4.79 Å². The second-order valence-corrected chi connectivity index (χ2v) is 5.11. The summed E-state index contributed by atoms with van der Waals surface area (Å²) in [4.78, 5) is 13.8. The molecule has 1 amide bonds. The fourth-order valence-corrected chi connectivity index (χ4v) is 1.97. The van der Waals surface area contributed by atoms with E-state index in [1.807, 2.05) is 18.2 Å². The van der Waals surface area contributed by atoms with E-state index >= 15 is 0 Å². The Balaban J connectivity index is 2.44. The second-order valence-electron chi connectivity index (χ2n) is 4.73. The van der Waals surface area contributed by atoms with E-state index in [0.717, 1.165) is 25.7 Å². The van der Waals surface area contributed by atoms with Crippen molar-refractivity contribution in [3.05, 3.63) is 35.9 Å². The van der Waals surface area contributed by atoms with Gasteiger partial charge in [0.2, 0.25) is 0 Å². The number of hydrogen-bond donors (Lipinski definition) is 0. The fourth-order valence-electron chi connectivity index (χ4n) is 1.85. The minimum absolute atomic E-state index is 0.223. The van der Waals surface area contributed by atoms with Crippen LogP contribution >= 0.6 is 11.6 Å². The molecule has 0 radical (unpaired) electrons. The fraction of sp³-hybridized carbons (Fsp3) is 0.562. The first-order valence-corrected chi connectivity index (χ1v) is 7.83. The van der Waals surface area contributed by atoms with Gasteiger partial charge < -0.3 is 9.64 Å². The Morgan fingerprint density at radius 1 is 1.20 bits per heavy atom. The Bertz CT molecular complexity index is 370. The molecule has 0 bridgehead atoms. The standard InChI is InChI=1S/C16H24ClNO2/c1-2-3-14-20-16(19)18(12-7-11-17)13-10-15-8-5-4-6-9-15/h4-6,8-9H,2-3,7,10-14H2,1H3. The largest absolute Gasteiger partial charge is 0.449 e. The van der Waals surface area contributed by atoms with Crippen LogP contribution in [0.5, 0.6) is 0 Å². The zero-order chi connectivity index (χ0) is 14.6. The number of amides is 1. The first-order chi connectivity index (χ1) is 9.77. The molecule has 0 saturated heterocycles.